The topological polar surface area (TPSA) is 66.6 Å². The second-order valence-electron chi connectivity index (χ2n) is 8.29. The van der Waals surface area contributed by atoms with Crippen LogP contribution in [0.5, 0.6) is 5.75 Å². The highest BCUT2D eigenvalue weighted by Crippen LogP contribution is 2.22. The number of H-pyrrole nitrogens is 1. The van der Waals surface area contributed by atoms with Crippen LogP contribution in [0.15, 0.2) is 47.3 Å². The van der Waals surface area contributed by atoms with Crippen molar-refractivity contribution in [3.8, 4) is 5.75 Å². The molecule has 1 aromatic heterocycles. The van der Waals surface area contributed by atoms with Crippen molar-refractivity contribution < 1.29 is 9.47 Å². The molecule has 2 heterocycles. The minimum Gasteiger partial charge on any atom is -0.497 e. The monoisotopic (exact) mass is 451 g/mol. The van der Waals surface area contributed by atoms with E-state index >= 15 is 0 Å². The summed E-state index contributed by atoms with van der Waals surface area (Å²) >= 11 is 5.75. The van der Waals surface area contributed by atoms with Crippen molar-refractivity contribution in [3.05, 3.63) is 69.5 Å². The summed E-state index contributed by atoms with van der Waals surface area (Å²) in [4.78, 5) is 18.0. The Balaban J connectivity index is 1.61. The molecule has 0 spiro atoms. The number of hydrogen-bond donors (Lipinski definition) is 2. The number of pyridine rings is 1. The average Bonchev–Trinajstić information content (AvgIpc) is 3.30. The van der Waals surface area contributed by atoms with Gasteiger partial charge in [-0.15, -0.1) is 0 Å². The van der Waals surface area contributed by atoms with Crippen LogP contribution in [0.3, 0.4) is 0 Å². The number of fused-ring (bicyclic) bond motifs is 1. The molecule has 0 aliphatic carbocycles. The molecule has 0 amide bonds. The summed E-state index contributed by atoms with van der Waals surface area (Å²) in [6.07, 6.45) is 2.15. The van der Waals surface area contributed by atoms with Gasteiger partial charge in [-0.2, -0.15) is 0 Å². The lowest BCUT2D eigenvalue weighted by Gasteiger charge is -2.28. The van der Waals surface area contributed by atoms with Crippen molar-refractivity contribution >= 4 is 33.9 Å². The van der Waals surface area contributed by atoms with Crippen molar-refractivity contribution in [2.75, 3.05) is 25.6 Å². The van der Waals surface area contributed by atoms with E-state index < -0.39 is 0 Å². The maximum Gasteiger partial charge on any atom is 0.253 e. The quantitative estimate of drug-likeness (QED) is 0.537. The SMILES string of the molecule is COc1ccc(NC(=S)N(Cc2cc3c(C)ccc(C)c3[nH]c2=O)CC2CCCO2)cc1. The zero-order chi connectivity index (χ0) is 22.7. The van der Waals surface area contributed by atoms with E-state index in [1.54, 1.807) is 7.11 Å². The summed E-state index contributed by atoms with van der Waals surface area (Å²) in [5.41, 5.74) is 4.55. The Hall–Kier alpha value is -2.90. The van der Waals surface area contributed by atoms with Gasteiger partial charge in [-0.1, -0.05) is 12.1 Å². The molecule has 1 fully saturated rings. The Morgan fingerprint density at radius 3 is 2.66 bits per heavy atom. The Morgan fingerprint density at radius 2 is 1.97 bits per heavy atom. The zero-order valence-corrected chi connectivity index (χ0v) is 19.6. The largest absolute Gasteiger partial charge is 0.497 e. The fourth-order valence-electron chi connectivity index (χ4n) is 4.07. The second-order valence-corrected chi connectivity index (χ2v) is 8.67. The van der Waals surface area contributed by atoms with Crippen molar-refractivity contribution in [3.63, 3.8) is 0 Å². The first-order valence-electron chi connectivity index (χ1n) is 10.9. The fraction of sp³-hybridized carbons (Fsp3) is 0.360. The fourth-order valence-corrected chi connectivity index (χ4v) is 4.33. The van der Waals surface area contributed by atoms with Gasteiger partial charge in [0.1, 0.15) is 5.75 Å². The van der Waals surface area contributed by atoms with E-state index in [0.29, 0.717) is 23.8 Å². The molecular formula is C25H29N3O3S. The predicted octanol–water partition coefficient (Wildman–Crippen LogP) is 4.53. The number of aromatic nitrogens is 1. The molecule has 7 heteroatoms. The van der Waals surface area contributed by atoms with Gasteiger partial charge in [0.05, 0.1) is 25.3 Å². The highest BCUT2D eigenvalue weighted by Gasteiger charge is 2.22. The summed E-state index contributed by atoms with van der Waals surface area (Å²) < 4.78 is 11.1. The number of ether oxygens (including phenoxy) is 2. The Bertz CT molecular complexity index is 1170. The zero-order valence-electron chi connectivity index (χ0n) is 18.7. The van der Waals surface area contributed by atoms with Crippen LogP contribution in [0.1, 0.15) is 29.5 Å². The third-order valence-electron chi connectivity index (χ3n) is 5.96. The van der Waals surface area contributed by atoms with Gasteiger partial charge >= 0.3 is 0 Å². The van der Waals surface area contributed by atoms with Crippen molar-refractivity contribution in [1.29, 1.82) is 0 Å². The standard InChI is InChI=1S/C25H29N3O3S/c1-16-6-7-17(2)23-22(16)13-18(24(29)27-23)14-28(15-21-5-4-12-31-21)25(32)26-19-8-10-20(30-3)11-9-19/h6-11,13,21H,4-5,12,14-15H2,1-3H3,(H,26,32)(H,27,29). The van der Waals surface area contributed by atoms with Gasteiger partial charge in [0, 0.05) is 29.8 Å². The number of nitrogens with one attached hydrogen (secondary N) is 2. The van der Waals surface area contributed by atoms with Crippen LogP contribution < -0.4 is 15.6 Å². The van der Waals surface area contributed by atoms with Crippen molar-refractivity contribution in [1.82, 2.24) is 9.88 Å². The molecule has 3 aromatic rings. The van der Waals surface area contributed by atoms with E-state index in [0.717, 1.165) is 52.9 Å². The van der Waals surface area contributed by atoms with Crippen LogP contribution in [0.4, 0.5) is 5.69 Å². The summed E-state index contributed by atoms with van der Waals surface area (Å²) in [6, 6.07) is 13.7. The number of methoxy groups -OCH3 is 1. The first-order valence-corrected chi connectivity index (χ1v) is 11.3. The smallest absolute Gasteiger partial charge is 0.253 e. The number of hydrogen-bond acceptors (Lipinski definition) is 4. The third kappa shape index (κ3) is 4.95. The van der Waals surface area contributed by atoms with Crippen LogP contribution in [0, 0.1) is 13.8 Å². The van der Waals surface area contributed by atoms with Gasteiger partial charge in [-0.25, -0.2) is 0 Å². The predicted molar refractivity (Wildman–Crippen MR) is 133 cm³/mol. The lowest BCUT2D eigenvalue weighted by Crippen LogP contribution is -2.40. The van der Waals surface area contributed by atoms with E-state index in [1.165, 1.54) is 0 Å². The lowest BCUT2D eigenvalue weighted by atomic mass is 10.0. The van der Waals surface area contributed by atoms with Gasteiger partial charge in [0.25, 0.3) is 5.56 Å². The molecular weight excluding hydrogens is 422 g/mol. The molecule has 1 unspecified atom stereocenters. The first kappa shape index (κ1) is 22.3. The maximum absolute atomic E-state index is 12.9. The van der Waals surface area contributed by atoms with Gasteiger partial charge in [0.2, 0.25) is 0 Å². The molecule has 1 aliphatic rings. The Kier molecular flexibility index (Phi) is 6.77. The average molecular weight is 452 g/mol. The molecule has 0 radical (unpaired) electrons. The molecule has 168 valence electrons. The van der Waals surface area contributed by atoms with E-state index in [2.05, 4.69) is 23.3 Å². The van der Waals surface area contributed by atoms with Gasteiger partial charge in [-0.3, -0.25) is 4.79 Å². The molecule has 1 atom stereocenters. The molecule has 32 heavy (non-hydrogen) atoms. The molecule has 0 bridgehead atoms. The highest BCUT2D eigenvalue weighted by atomic mass is 32.1. The van der Waals surface area contributed by atoms with Crippen LogP contribution in [-0.4, -0.2) is 41.4 Å². The van der Waals surface area contributed by atoms with Crippen LogP contribution in [0.25, 0.3) is 10.9 Å². The van der Waals surface area contributed by atoms with Crippen LogP contribution in [0.2, 0.25) is 0 Å². The molecule has 2 aromatic carbocycles. The van der Waals surface area contributed by atoms with Gasteiger partial charge in [0.15, 0.2) is 5.11 Å². The summed E-state index contributed by atoms with van der Waals surface area (Å²) in [7, 11) is 1.64. The van der Waals surface area contributed by atoms with E-state index in [-0.39, 0.29) is 11.7 Å². The van der Waals surface area contributed by atoms with Crippen molar-refractivity contribution in [2.24, 2.45) is 0 Å². The number of anilines is 1. The summed E-state index contributed by atoms with van der Waals surface area (Å²) in [5.74, 6) is 0.783. The second kappa shape index (κ2) is 9.71. The molecule has 1 aliphatic heterocycles. The number of aryl methyl sites for hydroxylation is 2. The van der Waals surface area contributed by atoms with E-state index in [9.17, 15) is 4.79 Å². The number of thiocarbonyl (C=S) groups is 1. The Labute approximate surface area is 193 Å². The van der Waals surface area contributed by atoms with Gasteiger partial charge < -0.3 is 24.7 Å². The third-order valence-corrected chi connectivity index (χ3v) is 6.32. The number of aromatic amines is 1. The summed E-state index contributed by atoms with van der Waals surface area (Å²) in [6.45, 7) is 5.87. The minimum absolute atomic E-state index is 0.0872. The molecule has 1 saturated heterocycles. The molecule has 4 rings (SSSR count). The molecule has 6 nitrogen and oxygen atoms in total. The Morgan fingerprint density at radius 1 is 1.22 bits per heavy atom. The lowest BCUT2D eigenvalue weighted by molar-refractivity contribution is 0.0904. The number of nitrogens with zero attached hydrogens (tertiary/aromatic N) is 1. The van der Waals surface area contributed by atoms with Crippen LogP contribution in [-0.2, 0) is 11.3 Å². The normalized spacial score (nSPS) is 15.7. The first-order chi connectivity index (χ1) is 15.4. The van der Waals surface area contributed by atoms with Gasteiger partial charge in [-0.05, 0) is 80.4 Å². The number of benzene rings is 2. The maximum atomic E-state index is 12.9. The highest BCUT2D eigenvalue weighted by molar-refractivity contribution is 7.80. The molecule has 0 saturated carbocycles. The van der Waals surface area contributed by atoms with Crippen LogP contribution >= 0.6 is 12.2 Å². The summed E-state index contributed by atoms with van der Waals surface area (Å²) in [5, 5.41) is 4.92. The van der Waals surface area contributed by atoms with E-state index in [4.69, 9.17) is 21.7 Å². The molecule has 2 N–H and O–H groups in total. The van der Waals surface area contributed by atoms with E-state index in [1.807, 2.05) is 48.2 Å². The minimum atomic E-state index is -0.0872. The van der Waals surface area contributed by atoms with Crippen molar-refractivity contribution in [2.45, 2.75) is 39.3 Å². The number of rotatable bonds is 6.